The molecule has 3 rings (SSSR count). The van der Waals surface area contributed by atoms with Crippen molar-refractivity contribution in [3.63, 3.8) is 0 Å². The molecule has 0 unspecified atom stereocenters. The topological polar surface area (TPSA) is 61.0 Å². The summed E-state index contributed by atoms with van der Waals surface area (Å²) in [6.07, 6.45) is 0.537. The second kappa shape index (κ2) is 6.37. The molecule has 1 aromatic carbocycles. The van der Waals surface area contributed by atoms with Gasteiger partial charge in [0.05, 0.1) is 12.1 Å². The van der Waals surface area contributed by atoms with Gasteiger partial charge in [0, 0.05) is 18.1 Å². The predicted octanol–water partition coefficient (Wildman–Crippen LogP) is 3.80. The molecule has 0 bridgehead atoms. The molecule has 2 aromatic heterocycles. The average molecular weight is 315 g/mol. The van der Waals surface area contributed by atoms with Gasteiger partial charge in [0.1, 0.15) is 11.1 Å². The number of nitrogens with zero attached hydrogens (tertiary/aromatic N) is 3. The fourth-order valence-corrected chi connectivity index (χ4v) is 2.93. The van der Waals surface area contributed by atoms with E-state index in [1.54, 1.807) is 18.4 Å². The van der Waals surface area contributed by atoms with Crippen LogP contribution in [-0.2, 0) is 11.2 Å². The van der Waals surface area contributed by atoms with Gasteiger partial charge in [-0.15, -0.1) is 11.3 Å². The van der Waals surface area contributed by atoms with E-state index in [-0.39, 0.29) is 6.10 Å². The predicted molar refractivity (Wildman–Crippen MR) is 84.8 cm³/mol. The highest BCUT2D eigenvalue weighted by molar-refractivity contribution is 7.09. The van der Waals surface area contributed by atoms with Crippen molar-refractivity contribution in [3.05, 3.63) is 51.8 Å². The van der Waals surface area contributed by atoms with Gasteiger partial charge in [-0.25, -0.2) is 4.98 Å². The summed E-state index contributed by atoms with van der Waals surface area (Å²) in [6, 6.07) is 8.04. The summed E-state index contributed by atoms with van der Waals surface area (Å²) in [5.74, 6) is 1.18. The quantitative estimate of drug-likeness (QED) is 0.716. The molecule has 0 radical (unpaired) electrons. The van der Waals surface area contributed by atoms with Crippen LogP contribution in [0.5, 0.6) is 0 Å². The van der Waals surface area contributed by atoms with E-state index in [2.05, 4.69) is 15.1 Å². The highest BCUT2D eigenvalue weighted by atomic mass is 32.1. The lowest BCUT2D eigenvalue weighted by molar-refractivity contribution is 0.119. The van der Waals surface area contributed by atoms with Crippen molar-refractivity contribution in [2.45, 2.75) is 26.4 Å². The van der Waals surface area contributed by atoms with Crippen molar-refractivity contribution in [2.75, 3.05) is 7.11 Å². The summed E-state index contributed by atoms with van der Waals surface area (Å²) in [5.41, 5.74) is 3.05. The Balaban J connectivity index is 1.76. The molecule has 5 nitrogen and oxygen atoms in total. The lowest BCUT2D eigenvalue weighted by Gasteiger charge is -2.03. The molecule has 22 heavy (non-hydrogen) atoms. The van der Waals surface area contributed by atoms with Gasteiger partial charge >= 0.3 is 0 Å². The molecular formula is C16H17N3O2S. The molecule has 0 N–H and O–H groups in total. The Morgan fingerprint density at radius 1 is 1.32 bits per heavy atom. The van der Waals surface area contributed by atoms with Crippen molar-refractivity contribution in [1.29, 1.82) is 0 Å². The number of hydrogen-bond donors (Lipinski definition) is 0. The third kappa shape index (κ3) is 3.23. The minimum Gasteiger partial charge on any atom is -0.375 e. The minimum absolute atomic E-state index is 0.00397. The number of methoxy groups -OCH3 is 1. The van der Waals surface area contributed by atoms with E-state index in [0.717, 1.165) is 16.3 Å². The molecule has 0 aliphatic carbocycles. The molecule has 0 aliphatic heterocycles. The number of hydrogen-bond acceptors (Lipinski definition) is 6. The molecule has 114 valence electrons. The maximum Gasteiger partial charge on any atom is 0.233 e. The third-order valence-electron chi connectivity index (χ3n) is 3.35. The Hall–Kier alpha value is -2.05. The van der Waals surface area contributed by atoms with Gasteiger partial charge in [-0.3, -0.25) is 0 Å². The number of aromatic nitrogens is 3. The number of ether oxygens (including phenoxy) is 1. The van der Waals surface area contributed by atoms with E-state index in [1.165, 1.54) is 5.56 Å². The van der Waals surface area contributed by atoms with E-state index < -0.39 is 0 Å². The highest BCUT2D eigenvalue weighted by Crippen LogP contribution is 2.22. The average Bonchev–Trinajstić information content (AvgIpc) is 3.16. The maximum absolute atomic E-state index is 5.33. The third-order valence-corrected chi connectivity index (χ3v) is 4.40. The Morgan fingerprint density at radius 2 is 2.18 bits per heavy atom. The molecule has 0 saturated carbocycles. The first-order valence-electron chi connectivity index (χ1n) is 7.02. The van der Waals surface area contributed by atoms with Gasteiger partial charge in [-0.05, 0) is 19.9 Å². The highest BCUT2D eigenvalue weighted by Gasteiger charge is 2.13. The molecule has 0 saturated heterocycles. The van der Waals surface area contributed by atoms with Crippen LogP contribution in [0.25, 0.3) is 11.4 Å². The molecule has 0 amide bonds. The molecule has 1 atom stereocenters. The molecular weight excluding hydrogens is 298 g/mol. The lowest BCUT2D eigenvalue weighted by Crippen LogP contribution is -1.96. The second-order valence-electron chi connectivity index (χ2n) is 5.11. The monoisotopic (exact) mass is 315 g/mol. The van der Waals surface area contributed by atoms with Crippen LogP contribution in [0.3, 0.4) is 0 Å². The number of rotatable bonds is 5. The van der Waals surface area contributed by atoms with Crippen LogP contribution < -0.4 is 0 Å². The largest absolute Gasteiger partial charge is 0.375 e. The van der Waals surface area contributed by atoms with Gasteiger partial charge in [-0.1, -0.05) is 28.9 Å². The standard InChI is InChI=1S/C16H17N3O2S/c1-10-5-4-6-12(7-10)15-18-14(21-19-15)8-13-9-22-16(17-13)11(2)20-3/h4-7,9,11H,8H2,1-3H3/t11-/m0/s1. The van der Waals surface area contributed by atoms with Crippen molar-refractivity contribution < 1.29 is 9.26 Å². The summed E-state index contributed by atoms with van der Waals surface area (Å²) in [6.45, 7) is 4.02. The fourth-order valence-electron chi connectivity index (χ4n) is 2.07. The van der Waals surface area contributed by atoms with Gasteiger partial charge in [0.15, 0.2) is 0 Å². The number of thiazole rings is 1. The molecule has 6 heteroatoms. The smallest absolute Gasteiger partial charge is 0.233 e. The molecule has 0 aliphatic rings. The van der Waals surface area contributed by atoms with E-state index in [0.29, 0.717) is 18.1 Å². The SMILES string of the molecule is CO[C@@H](C)c1nc(Cc2nc(-c3cccc(C)c3)no2)cs1. The Kier molecular flexibility index (Phi) is 4.31. The zero-order valence-electron chi connectivity index (χ0n) is 12.7. The Labute approximate surface area is 133 Å². The van der Waals surface area contributed by atoms with Crippen molar-refractivity contribution >= 4 is 11.3 Å². The summed E-state index contributed by atoms with van der Waals surface area (Å²) in [7, 11) is 1.68. The molecule has 3 aromatic rings. The summed E-state index contributed by atoms with van der Waals surface area (Å²) < 4.78 is 10.6. The Bertz CT molecular complexity index is 766. The van der Waals surface area contributed by atoms with Crippen molar-refractivity contribution in [1.82, 2.24) is 15.1 Å². The van der Waals surface area contributed by atoms with Crippen molar-refractivity contribution in [2.24, 2.45) is 0 Å². The number of benzene rings is 1. The number of aryl methyl sites for hydroxylation is 1. The van der Waals surface area contributed by atoms with Gasteiger partial charge in [0.25, 0.3) is 0 Å². The maximum atomic E-state index is 5.33. The molecule has 2 heterocycles. The first-order chi connectivity index (χ1) is 10.7. The normalized spacial score (nSPS) is 12.5. The first-order valence-corrected chi connectivity index (χ1v) is 7.90. The summed E-state index contributed by atoms with van der Waals surface area (Å²) in [4.78, 5) is 8.98. The van der Waals surface area contributed by atoms with Gasteiger partial charge < -0.3 is 9.26 Å². The van der Waals surface area contributed by atoms with Gasteiger partial charge in [-0.2, -0.15) is 4.98 Å². The first kappa shape index (κ1) is 14.9. The zero-order chi connectivity index (χ0) is 15.5. The summed E-state index contributed by atoms with van der Waals surface area (Å²) in [5, 5.41) is 7.00. The van der Waals surface area contributed by atoms with Crippen LogP contribution in [0.2, 0.25) is 0 Å². The van der Waals surface area contributed by atoms with Crippen molar-refractivity contribution in [3.8, 4) is 11.4 Å². The zero-order valence-corrected chi connectivity index (χ0v) is 13.6. The van der Waals surface area contributed by atoms with E-state index in [4.69, 9.17) is 9.26 Å². The molecule has 0 fully saturated rings. The van der Waals surface area contributed by atoms with Crippen LogP contribution in [0.1, 0.15) is 35.2 Å². The fraction of sp³-hybridized carbons (Fsp3) is 0.312. The van der Waals surface area contributed by atoms with Crippen LogP contribution >= 0.6 is 11.3 Å². The summed E-state index contributed by atoms with van der Waals surface area (Å²) >= 11 is 1.58. The van der Waals surface area contributed by atoms with Crippen LogP contribution in [0.4, 0.5) is 0 Å². The Morgan fingerprint density at radius 3 is 2.95 bits per heavy atom. The van der Waals surface area contributed by atoms with Crippen LogP contribution in [0.15, 0.2) is 34.2 Å². The minimum atomic E-state index is 0.00397. The van der Waals surface area contributed by atoms with Gasteiger partial charge in [0.2, 0.25) is 11.7 Å². The molecule has 0 spiro atoms. The van der Waals surface area contributed by atoms with E-state index in [1.807, 2.05) is 43.5 Å². The van der Waals surface area contributed by atoms with Crippen LogP contribution in [-0.4, -0.2) is 22.2 Å². The van der Waals surface area contributed by atoms with E-state index >= 15 is 0 Å². The van der Waals surface area contributed by atoms with Crippen LogP contribution in [0, 0.1) is 6.92 Å². The second-order valence-corrected chi connectivity index (χ2v) is 6.00. The van der Waals surface area contributed by atoms with E-state index in [9.17, 15) is 0 Å². The lowest BCUT2D eigenvalue weighted by atomic mass is 10.1.